The highest BCUT2D eigenvalue weighted by Crippen LogP contribution is 2.24. The van der Waals surface area contributed by atoms with E-state index in [1.165, 1.54) is 11.8 Å². The van der Waals surface area contributed by atoms with E-state index in [2.05, 4.69) is 21.3 Å². The SMILES string of the molecule is CCc1nnc(CSc2nc3ccccc3c(=O)n2-c2ccc(C#N)cc2)o1. The van der Waals surface area contributed by atoms with E-state index in [4.69, 9.17) is 9.68 Å². The minimum Gasteiger partial charge on any atom is -0.424 e. The number of nitrogens with zero attached hydrogens (tertiary/aromatic N) is 5. The molecule has 2 aromatic heterocycles. The normalized spacial score (nSPS) is 10.9. The van der Waals surface area contributed by atoms with Crippen molar-refractivity contribution in [3.63, 3.8) is 0 Å². The first-order valence-corrected chi connectivity index (χ1v) is 9.64. The third-order valence-electron chi connectivity index (χ3n) is 4.14. The zero-order valence-electron chi connectivity index (χ0n) is 15.0. The first-order valence-electron chi connectivity index (χ1n) is 8.66. The molecule has 4 aromatic rings. The Morgan fingerprint density at radius 2 is 1.86 bits per heavy atom. The molecule has 0 unspecified atom stereocenters. The molecule has 8 heteroatoms. The van der Waals surface area contributed by atoms with Gasteiger partial charge in [0.2, 0.25) is 11.8 Å². The van der Waals surface area contributed by atoms with Gasteiger partial charge in [-0.15, -0.1) is 10.2 Å². The Labute approximate surface area is 164 Å². The first kappa shape index (κ1) is 17.9. The summed E-state index contributed by atoms with van der Waals surface area (Å²) < 4.78 is 7.10. The van der Waals surface area contributed by atoms with E-state index >= 15 is 0 Å². The fourth-order valence-electron chi connectivity index (χ4n) is 2.74. The summed E-state index contributed by atoms with van der Waals surface area (Å²) in [4.78, 5) is 17.8. The van der Waals surface area contributed by atoms with Crippen LogP contribution in [0.1, 0.15) is 24.3 Å². The van der Waals surface area contributed by atoms with Crippen LogP contribution in [-0.2, 0) is 12.2 Å². The summed E-state index contributed by atoms with van der Waals surface area (Å²) in [6, 6.07) is 16.1. The molecule has 0 spiro atoms. The van der Waals surface area contributed by atoms with Crippen LogP contribution in [0.25, 0.3) is 16.6 Å². The molecule has 0 aliphatic heterocycles. The number of thioether (sulfide) groups is 1. The van der Waals surface area contributed by atoms with Crippen molar-refractivity contribution in [1.29, 1.82) is 5.26 Å². The van der Waals surface area contributed by atoms with E-state index in [0.29, 0.717) is 51.3 Å². The Balaban J connectivity index is 1.80. The Hall–Kier alpha value is -3.44. The van der Waals surface area contributed by atoms with Gasteiger partial charge in [0.25, 0.3) is 5.56 Å². The molecule has 0 aliphatic carbocycles. The lowest BCUT2D eigenvalue weighted by atomic mass is 10.2. The Bertz CT molecular complexity index is 1240. The number of hydrogen-bond acceptors (Lipinski definition) is 7. The van der Waals surface area contributed by atoms with Crippen molar-refractivity contribution in [2.24, 2.45) is 0 Å². The van der Waals surface area contributed by atoms with Gasteiger partial charge in [0, 0.05) is 6.42 Å². The topological polar surface area (TPSA) is 97.6 Å². The van der Waals surface area contributed by atoms with Gasteiger partial charge in [-0.2, -0.15) is 5.26 Å². The second kappa shape index (κ2) is 7.66. The van der Waals surface area contributed by atoms with Crippen LogP contribution in [0, 0.1) is 11.3 Å². The van der Waals surface area contributed by atoms with Gasteiger partial charge in [-0.3, -0.25) is 9.36 Å². The molecular weight excluding hydrogens is 374 g/mol. The third-order valence-corrected chi connectivity index (χ3v) is 5.06. The van der Waals surface area contributed by atoms with Gasteiger partial charge in [0.05, 0.1) is 34.0 Å². The summed E-state index contributed by atoms with van der Waals surface area (Å²) >= 11 is 1.35. The van der Waals surface area contributed by atoms with E-state index in [9.17, 15) is 4.79 Å². The van der Waals surface area contributed by atoms with Gasteiger partial charge in [-0.05, 0) is 36.4 Å². The molecule has 0 saturated heterocycles. The summed E-state index contributed by atoms with van der Waals surface area (Å²) in [6.45, 7) is 1.94. The van der Waals surface area contributed by atoms with Crippen LogP contribution in [0.4, 0.5) is 0 Å². The van der Waals surface area contributed by atoms with Crippen molar-refractivity contribution in [3.05, 3.63) is 76.2 Å². The van der Waals surface area contributed by atoms with Crippen LogP contribution in [0.2, 0.25) is 0 Å². The monoisotopic (exact) mass is 389 g/mol. The molecule has 2 heterocycles. The lowest BCUT2D eigenvalue weighted by Gasteiger charge is -2.12. The van der Waals surface area contributed by atoms with Crippen molar-refractivity contribution in [2.75, 3.05) is 0 Å². The number of aromatic nitrogens is 4. The number of para-hydroxylation sites is 1. The second-order valence-corrected chi connectivity index (χ2v) is 6.89. The van der Waals surface area contributed by atoms with Crippen LogP contribution in [0.15, 0.2) is 62.9 Å². The Kier molecular flexibility index (Phi) is 4.91. The molecule has 0 bridgehead atoms. The molecule has 0 amide bonds. The minimum atomic E-state index is -0.169. The summed E-state index contributed by atoms with van der Waals surface area (Å²) in [7, 11) is 0. The molecule has 4 rings (SSSR count). The summed E-state index contributed by atoms with van der Waals surface area (Å²) in [5.74, 6) is 1.45. The maximum Gasteiger partial charge on any atom is 0.266 e. The average molecular weight is 389 g/mol. The lowest BCUT2D eigenvalue weighted by Crippen LogP contribution is -2.21. The first-order chi connectivity index (χ1) is 13.7. The molecule has 0 N–H and O–H groups in total. The molecule has 0 radical (unpaired) electrons. The molecular formula is C20H15N5O2S. The summed E-state index contributed by atoms with van der Waals surface area (Å²) in [5, 5.41) is 18.1. The number of nitriles is 1. The number of rotatable bonds is 5. The highest BCUT2D eigenvalue weighted by Gasteiger charge is 2.15. The van der Waals surface area contributed by atoms with Gasteiger partial charge >= 0.3 is 0 Å². The van der Waals surface area contributed by atoms with Crippen LogP contribution >= 0.6 is 11.8 Å². The number of hydrogen-bond donors (Lipinski definition) is 0. The van der Waals surface area contributed by atoms with Gasteiger partial charge in [-0.25, -0.2) is 4.98 Å². The van der Waals surface area contributed by atoms with Crippen molar-refractivity contribution in [3.8, 4) is 11.8 Å². The quantitative estimate of drug-likeness (QED) is 0.380. The Morgan fingerprint density at radius 1 is 1.11 bits per heavy atom. The molecule has 0 fully saturated rings. The van der Waals surface area contributed by atoms with Crippen LogP contribution in [-0.4, -0.2) is 19.7 Å². The van der Waals surface area contributed by atoms with E-state index in [1.54, 1.807) is 34.9 Å². The van der Waals surface area contributed by atoms with E-state index < -0.39 is 0 Å². The molecule has 0 atom stereocenters. The minimum absolute atomic E-state index is 0.169. The third kappa shape index (κ3) is 3.40. The predicted octanol–water partition coefficient (Wildman–Crippen LogP) is 3.50. The van der Waals surface area contributed by atoms with Crippen molar-refractivity contribution in [1.82, 2.24) is 19.7 Å². The standard InChI is InChI=1S/C20H15N5O2S/c1-2-17-23-24-18(27-17)12-28-20-22-16-6-4-3-5-15(16)19(26)25(20)14-9-7-13(11-21)8-10-14/h3-10H,2,12H2,1H3. The highest BCUT2D eigenvalue weighted by atomic mass is 32.2. The van der Waals surface area contributed by atoms with E-state index in [1.807, 2.05) is 25.1 Å². The van der Waals surface area contributed by atoms with Crippen LogP contribution in [0.3, 0.4) is 0 Å². The van der Waals surface area contributed by atoms with Gasteiger partial charge in [0.1, 0.15) is 0 Å². The molecule has 138 valence electrons. The average Bonchev–Trinajstić information content (AvgIpc) is 3.21. The molecule has 2 aromatic carbocycles. The lowest BCUT2D eigenvalue weighted by molar-refractivity contribution is 0.469. The molecule has 0 saturated carbocycles. The predicted molar refractivity (Wildman–Crippen MR) is 105 cm³/mol. The summed E-state index contributed by atoms with van der Waals surface area (Å²) in [6.07, 6.45) is 0.668. The maximum atomic E-state index is 13.2. The highest BCUT2D eigenvalue weighted by molar-refractivity contribution is 7.98. The van der Waals surface area contributed by atoms with Crippen LogP contribution in [0.5, 0.6) is 0 Å². The number of aryl methyl sites for hydroxylation is 1. The zero-order chi connectivity index (χ0) is 19.5. The fourth-order valence-corrected chi connectivity index (χ4v) is 3.59. The van der Waals surface area contributed by atoms with Crippen molar-refractivity contribution in [2.45, 2.75) is 24.3 Å². The summed E-state index contributed by atoms with van der Waals surface area (Å²) in [5.41, 5.74) is 1.62. The largest absolute Gasteiger partial charge is 0.424 e. The van der Waals surface area contributed by atoms with Gasteiger partial charge in [0.15, 0.2) is 5.16 Å². The second-order valence-electron chi connectivity index (χ2n) is 5.94. The maximum absolute atomic E-state index is 13.2. The molecule has 0 aliphatic rings. The Morgan fingerprint density at radius 3 is 2.57 bits per heavy atom. The van der Waals surface area contributed by atoms with E-state index in [-0.39, 0.29) is 5.56 Å². The van der Waals surface area contributed by atoms with Crippen molar-refractivity contribution >= 4 is 22.7 Å². The van der Waals surface area contributed by atoms with Crippen molar-refractivity contribution < 1.29 is 4.42 Å². The zero-order valence-corrected chi connectivity index (χ0v) is 15.8. The fraction of sp³-hybridized carbons (Fsp3) is 0.150. The molecule has 7 nitrogen and oxygen atoms in total. The van der Waals surface area contributed by atoms with Gasteiger partial charge < -0.3 is 4.42 Å². The number of benzene rings is 2. The smallest absolute Gasteiger partial charge is 0.266 e. The van der Waals surface area contributed by atoms with E-state index in [0.717, 1.165) is 0 Å². The van der Waals surface area contributed by atoms with Gasteiger partial charge in [-0.1, -0.05) is 30.8 Å². The molecule has 28 heavy (non-hydrogen) atoms. The number of fused-ring (bicyclic) bond motifs is 1. The van der Waals surface area contributed by atoms with Crippen LogP contribution < -0.4 is 5.56 Å².